The number of hydrogen-bond donors (Lipinski definition) is 1. The molecule has 132 valence electrons. The van der Waals surface area contributed by atoms with Gasteiger partial charge in [-0.05, 0) is 51.3 Å². The van der Waals surface area contributed by atoms with Crippen molar-refractivity contribution in [2.24, 2.45) is 0 Å². The molecule has 0 spiro atoms. The summed E-state index contributed by atoms with van der Waals surface area (Å²) >= 11 is 6.02. The Morgan fingerprint density at radius 1 is 1.24 bits per heavy atom. The van der Waals surface area contributed by atoms with Gasteiger partial charge in [-0.2, -0.15) is 0 Å². The summed E-state index contributed by atoms with van der Waals surface area (Å²) in [6, 6.07) is 7.32. The van der Waals surface area contributed by atoms with Crippen molar-refractivity contribution in [2.75, 3.05) is 0 Å². The molecule has 0 aromatic heterocycles. The molecule has 1 atom stereocenters. The largest absolute Gasteiger partial charge is 0.460 e. The van der Waals surface area contributed by atoms with Gasteiger partial charge in [0, 0.05) is 34.3 Å². The van der Waals surface area contributed by atoms with Crippen molar-refractivity contribution < 1.29 is 14.3 Å². The average Bonchev–Trinajstić information content (AvgIpc) is 2.53. The van der Waals surface area contributed by atoms with Gasteiger partial charge in [0.2, 0.25) is 0 Å². The van der Waals surface area contributed by atoms with E-state index in [4.69, 9.17) is 16.3 Å². The first kappa shape index (κ1) is 17.7. The van der Waals surface area contributed by atoms with Crippen LogP contribution in [0.3, 0.4) is 0 Å². The summed E-state index contributed by atoms with van der Waals surface area (Å²) in [5.41, 5.74) is 3.75. The smallest absolute Gasteiger partial charge is 0.337 e. The quantitative estimate of drug-likeness (QED) is 0.819. The Labute approximate surface area is 152 Å². The number of nitrogens with one attached hydrogen (secondary N) is 1. The predicted molar refractivity (Wildman–Crippen MR) is 97.1 cm³/mol. The molecule has 3 rings (SSSR count). The topological polar surface area (TPSA) is 55.4 Å². The Hall–Kier alpha value is -2.07. The number of rotatable bonds is 3. The molecule has 5 heteroatoms. The molecular weight excluding hydrogens is 338 g/mol. The molecule has 0 radical (unpaired) electrons. The second-order valence-electron chi connectivity index (χ2n) is 6.77. The number of dihydropyridines is 1. The van der Waals surface area contributed by atoms with Gasteiger partial charge >= 0.3 is 5.97 Å². The van der Waals surface area contributed by atoms with Crippen molar-refractivity contribution in [1.82, 2.24) is 5.32 Å². The lowest BCUT2D eigenvalue weighted by molar-refractivity contribution is -0.143. The SMILES string of the molecule is CC1=C(C(=O)OC(C)C)C(c2ccc(Cl)cc2)C2=C(CCCC2=O)N1. The lowest BCUT2D eigenvalue weighted by Crippen LogP contribution is -2.34. The van der Waals surface area contributed by atoms with Crippen LogP contribution in [0.4, 0.5) is 0 Å². The monoisotopic (exact) mass is 359 g/mol. The molecule has 0 bridgehead atoms. The molecule has 0 saturated carbocycles. The number of benzene rings is 1. The number of carbonyl (C=O) groups is 2. The van der Waals surface area contributed by atoms with Crippen molar-refractivity contribution in [2.45, 2.75) is 52.1 Å². The first-order valence-electron chi connectivity index (χ1n) is 8.59. The number of esters is 1. The van der Waals surface area contributed by atoms with Crippen LogP contribution < -0.4 is 5.32 Å². The Morgan fingerprint density at radius 2 is 1.92 bits per heavy atom. The van der Waals surface area contributed by atoms with E-state index in [-0.39, 0.29) is 17.9 Å². The second kappa shape index (κ2) is 7.04. The summed E-state index contributed by atoms with van der Waals surface area (Å²) in [7, 11) is 0. The number of halogens is 1. The summed E-state index contributed by atoms with van der Waals surface area (Å²) in [5.74, 6) is -0.700. The Kier molecular flexibility index (Phi) is 5.00. The molecule has 1 aliphatic heterocycles. The van der Waals surface area contributed by atoms with Crippen molar-refractivity contribution in [3.05, 3.63) is 57.4 Å². The molecule has 1 aromatic carbocycles. The third kappa shape index (κ3) is 3.49. The fraction of sp³-hybridized carbons (Fsp3) is 0.400. The van der Waals surface area contributed by atoms with E-state index in [0.29, 0.717) is 22.6 Å². The fourth-order valence-electron chi connectivity index (χ4n) is 3.52. The highest BCUT2D eigenvalue weighted by Gasteiger charge is 2.39. The minimum Gasteiger partial charge on any atom is -0.460 e. The van der Waals surface area contributed by atoms with E-state index < -0.39 is 5.92 Å². The standard InChI is InChI=1S/C20H22ClNO3/c1-11(2)25-20(24)17-12(3)22-15-5-4-6-16(23)19(15)18(17)13-7-9-14(21)10-8-13/h7-11,18,22H,4-6H2,1-3H3. The van der Waals surface area contributed by atoms with Crippen LogP contribution in [-0.2, 0) is 14.3 Å². The number of hydrogen-bond acceptors (Lipinski definition) is 4. The Morgan fingerprint density at radius 3 is 2.56 bits per heavy atom. The van der Waals surface area contributed by atoms with Crippen molar-refractivity contribution >= 4 is 23.4 Å². The van der Waals surface area contributed by atoms with Gasteiger partial charge in [-0.25, -0.2) is 4.79 Å². The van der Waals surface area contributed by atoms with Crippen molar-refractivity contribution in [1.29, 1.82) is 0 Å². The summed E-state index contributed by atoms with van der Waals surface area (Å²) in [6.07, 6.45) is 1.93. The molecular formula is C20H22ClNO3. The molecule has 1 heterocycles. The van der Waals surface area contributed by atoms with Crippen LogP contribution in [0, 0.1) is 0 Å². The van der Waals surface area contributed by atoms with Gasteiger partial charge in [-0.15, -0.1) is 0 Å². The number of carbonyl (C=O) groups excluding carboxylic acids is 2. The first-order chi connectivity index (χ1) is 11.9. The van der Waals surface area contributed by atoms with Crippen molar-refractivity contribution in [3.63, 3.8) is 0 Å². The summed E-state index contributed by atoms with van der Waals surface area (Å²) < 4.78 is 5.45. The molecule has 0 amide bonds. The summed E-state index contributed by atoms with van der Waals surface area (Å²) in [5, 5.41) is 3.89. The van der Waals surface area contributed by atoms with E-state index in [0.717, 1.165) is 29.8 Å². The highest BCUT2D eigenvalue weighted by Crippen LogP contribution is 2.42. The van der Waals surface area contributed by atoms with Crippen LogP contribution in [-0.4, -0.2) is 17.9 Å². The van der Waals surface area contributed by atoms with E-state index in [2.05, 4.69) is 5.32 Å². The maximum absolute atomic E-state index is 12.8. The Bertz CT molecular complexity index is 775. The van der Waals surface area contributed by atoms with Gasteiger partial charge in [-0.3, -0.25) is 4.79 Å². The lowest BCUT2D eigenvalue weighted by Gasteiger charge is -2.34. The number of ether oxygens (including phenoxy) is 1. The molecule has 1 aliphatic carbocycles. The van der Waals surface area contributed by atoms with E-state index in [1.54, 1.807) is 12.1 Å². The van der Waals surface area contributed by atoms with Crippen LogP contribution in [0.1, 0.15) is 51.5 Å². The number of ketones is 1. The van der Waals surface area contributed by atoms with Crippen LogP contribution in [0.25, 0.3) is 0 Å². The minimum absolute atomic E-state index is 0.0936. The lowest BCUT2D eigenvalue weighted by atomic mass is 9.75. The van der Waals surface area contributed by atoms with Gasteiger partial charge in [0.05, 0.1) is 11.7 Å². The normalized spacial score (nSPS) is 20.5. The first-order valence-corrected chi connectivity index (χ1v) is 8.96. The second-order valence-corrected chi connectivity index (χ2v) is 7.21. The highest BCUT2D eigenvalue weighted by molar-refractivity contribution is 6.30. The summed E-state index contributed by atoms with van der Waals surface area (Å²) in [6.45, 7) is 5.50. The zero-order valence-electron chi connectivity index (χ0n) is 14.7. The van der Waals surface area contributed by atoms with E-state index in [9.17, 15) is 9.59 Å². The summed E-state index contributed by atoms with van der Waals surface area (Å²) in [4.78, 5) is 25.4. The van der Waals surface area contributed by atoms with Crippen LogP contribution >= 0.6 is 11.6 Å². The van der Waals surface area contributed by atoms with Crippen molar-refractivity contribution in [3.8, 4) is 0 Å². The van der Waals surface area contributed by atoms with Gasteiger partial charge < -0.3 is 10.1 Å². The van der Waals surface area contributed by atoms with E-state index in [1.807, 2.05) is 32.9 Å². The van der Waals surface area contributed by atoms with Crippen LogP contribution in [0.5, 0.6) is 0 Å². The van der Waals surface area contributed by atoms with E-state index >= 15 is 0 Å². The maximum atomic E-state index is 12.8. The van der Waals surface area contributed by atoms with Crippen LogP contribution in [0.2, 0.25) is 5.02 Å². The molecule has 1 unspecified atom stereocenters. The zero-order chi connectivity index (χ0) is 18.1. The zero-order valence-corrected chi connectivity index (χ0v) is 15.4. The number of allylic oxidation sites excluding steroid dienone is 3. The molecule has 1 aromatic rings. The van der Waals surface area contributed by atoms with Crippen LogP contribution in [0.15, 0.2) is 46.8 Å². The third-order valence-corrected chi connectivity index (χ3v) is 4.79. The van der Waals surface area contributed by atoms with Gasteiger partial charge in [0.25, 0.3) is 0 Å². The van der Waals surface area contributed by atoms with E-state index in [1.165, 1.54) is 0 Å². The minimum atomic E-state index is -0.410. The average molecular weight is 360 g/mol. The molecule has 2 aliphatic rings. The fourth-order valence-corrected chi connectivity index (χ4v) is 3.65. The highest BCUT2D eigenvalue weighted by atomic mass is 35.5. The molecule has 4 nitrogen and oxygen atoms in total. The van der Waals surface area contributed by atoms with Gasteiger partial charge in [0.15, 0.2) is 5.78 Å². The molecule has 1 N–H and O–H groups in total. The predicted octanol–water partition coefficient (Wildman–Crippen LogP) is 4.26. The van der Waals surface area contributed by atoms with Gasteiger partial charge in [0.1, 0.15) is 0 Å². The number of Topliss-reactive ketones (excluding diaryl/α,β-unsaturated/α-hetero) is 1. The Balaban J connectivity index is 2.13. The molecule has 25 heavy (non-hydrogen) atoms. The third-order valence-electron chi connectivity index (χ3n) is 4.54. The van der Waals surface area contributed by atoms with Gasteiger partial charge in [-0.1, -0.05) is 23.7 Å². The maximum Gasteiger partial charge on any atom is 0.337 e. The molecule has 0 fully saturated rings. The molecule has 0 saturated heterocycles.